The zero-order valence-electron chi connectivity index (χ0n) is 14.5. The molecule has 1 aromatic rings. The van der Waals surface area contributed by atoms with E-state index in [0.717, 1.165) is 44.0 Å². The zero-order chi connectivity index (χ0) is 19.0. The van der Waals surface area contributed by atoms with E-state index in [9.17, 15) is 18.0 Å². The van der Waals surface area contributed by atoms with Crippen molar-refractivity contribution in [2.24, 2.45) is 0 Å². The molecule has 0 saturated carbocycles. The number of nitrogens with one attached hydrogen (secondary N) is 1. The number of carbonyl (C=O) groups is 1. The van der Waals surface area contributed by atoms with Gasteiger partial charge in [0.15, 0.2) is 0 Å². The molecule has 3 aliphatic heterocycles. The lowest BCUT2D eigenvalue weighted by Crippen LogP contribution is -2.44. The molecule has 3 aliphatic rings. The molecule has 1 fully saturated rings. The van der Waals surface area contributed by atoms with Crippen molar-refractivity contribution in [1.82, 2.24) is 15.1 Å². The highest BCUT2D eigenvalue weighted by Gasteiger charge is 2.32. The van der Waals surface area contributed by atoms with Crippen LogP contribution in [0.1, 0.15) is 11.1 Å². The van der Waals surface area contributed by atoms with Crippen LogP contribution in [-0.4, -0.2) is 47.7 Å². The van der Waals surface area contributed by atoms with Crippen molar-refractivity contribution >= 4 is 19.8 Å². The Hall–Kier alpha value is -2.11. The molecule has 1 saturated heterocycles. The summed E-state index contributed by atoms with van der Waals surface area (Å²) >= 11 is 0. The number of alkyl halides is 3. The molecule has 4 nitrogen and oxygen atoms in total. The second-order valence-electron chi connectivity index (χ2n) is 6.62. The first-order chi connectivity index (χ1) is 12.9. The molecule has 0 radical (unpaired) electrons. The van der Waals surface area contributed by atoms with Crippen molar-refractivity contribution in [2.75, 3.05) is 26.2 Å². The van der Waals surface area contributed by atoms with Crippen LogP contribution in [-0.2, 0) is 11.0 Å². The average molecular weight is 393 g/mol. The number of rotatable bonds is 2. The maximum Gasteiger partial charge on any atom is 0.416 e. The molecular weight excluding hydrogens is 374 g/mol. The van der Waals surface area contributed by atoms with Crippen molar-refractivity contribution in [3.8, 4) is 0 Å². The van der Waals surface area contributed by atoms with Crippen LogP contribution >= 0.6 is 8.58 Å². The van der Waals surface area contributed by atoms with Gasteiger partial charge in [-0.05, 0) is 29.1 Å². The standard InChI is InChI=1S/C19H19F3N3OP/c20-19(21,22)14-3-1-2-13(10-14)16-11-17(26)25-12-15(4-5-18(25)27-16)24-8-6-23-7-9-24/h1-5,10-12,18,23,27H,6-9H2. The number of amides is 1. The van der Waals surface area contributed by atoms with Gasteiger partial charge in [-0.15, -0.1) is 0 Å². The summed E-state index contributed by atoms with van der Waals surface area (Å²) in [4.78, 5) is 16.6. The molecular formula is C19H19F3N3OP. The molecule has 1 amide bonds. The number of carbonyl (C=O) groups excluding carboxylic acids is 1. The Morgan fingerprint density at radius 1 is 1.19 bits per heavy atom. The van der Waals surface area contributed by atoms with Crippen LogP contribution in [0.4, 0.5) is 13.2 Å². The van der Waals surface area contributed by atoms with E-state index in [1.165, 1.54) is 12.1 Å². The quantitative estimate of drug-likeness (QED) is 0.784. The van der Waals surface area contributed by atoms with Gasteiger partial charge in [-0.25, -0.2) is 0 Å². The van der Waals surface area contributed by atoms with Gasteiger partial charge in [-0.2, -0.15) is 13.2 Å². The monoisotopic (exact) mass is 393 g/mol. The molecule has 1 N–H and O–H groups in total. The molecule has 8 heteroatoms. The van der Waals surface area contributed by atoms with Crippen molar-refractivity contribution < 1.29 is 18.0 Å². The lowest BCUT2D eigenvalue weighted by atomic mass is 10.1. The van der Waals surface area contributed by atoms with Gasteiger partial charge in [-0.1, -0.05) is 26.8 Å². The summed E-state index contributed by atoms with van der Waals surface area (Å²) in [6, 6.07) is 5.19. The number of hydrogen-bond acceptors (Lipinski definition) is 3. The van der Waals surface area contributed by atoms with Crippen LogP contribution < -0.4 is 5.32 Å². The van der Waals surface area contributed by atoms with E-state index in [2.05, 4.69) is 10.2 Å². The summed E-state index contributed by atoms with van der Waals surface area (Å²) in [6.07, 6.45) is 2.94. The number of piperazine rings is 1. The van der Waals surface area contributed by atoms with Crippen LogP contribution in [0.2, 0.25) is 0 Å². The number of nitrogens with zero attached hydrogens (tertiary/aromatic N) is 2. The highest BCUT2D eigenvalue weighted by atomic mass is 31.1. The van der Waals surface area contributed by atoms with Gasteiger partial charge < -0.3 is 15.1 Å². The predicted octanol–water partition coefficient (Wildman–Crippen LogP) is 3.21. The first-order valence-corrected chi connectivity index (χ1v) is 9.83. The molecule has 0 spiro atoms. The minimum Gasteiger partial charge on any atom is -0.368 e. The second-order valence-corrected chi connectivity index (χ2v) is 8.04. The molecule has 3 heterocycles. The normalized spacial score (nSPS) is 24.0. The van der Waals surface area contributed by atoms with Gasteiger partial charge in [-0.3, -0.25) is 4.79 Å². The molecule has 27 heavy (non-hydrogen) atoms. The van der Waals surface area contributed by atoms with Gasteiger partial charge in [0.2, 0.25) is 0 Å². The van der Waals surface area contributed by atoms with Crippen LogP contribution in [0.25, 0.3) is 5.31 Å². The predicted molar refractivity (Wildman–Crippen MR) is 100 cm³/mol. The van der Waals surface area contributed by atoms with Gasteiger partial charge in [0.25, 0.3) is 5.91 Å². The van der Waals surface area contributed by atoms with E-state index in [1.54, 1.807) is 11.0 Å². The summed E-state index contributed by atoms with van der Waals surface area (Å²) in [5, 5.41) is 3.96. The Morgan fingerprint density at radius 3 is 2.70 bits per heavy atom. The largest absolute Gasteiger partial charge is 0.416 e. The van der Waals surface area contributed by atoms with E-state index in [-0.39, 0.29) is 20.3 Å². The van der Waals surface area contributed by atoms with Gasteiger partial charge in [0.05, 0.1) is 17.0 Å². The number of allylic oxidation sites excluding steroid dienone is 1. The van der Waals surface area contributed by atoms with E-state index in [0.29, 0.717) is 10.9 Å². The molecule has 0 aromatic heterocycles. The third-order valence-electron chi connectivity index (χ3n) is 4.83. The van der Waals surface area contributed by atoms with E-state index in [4.69, 9.17) is 0 Å². The Bertz CT molecular complexity index is 841. The first-order valence-electron chi connectivity index (χ1n) is 8.76. The van der Waals surface area contributed by atoms with Gasteiger partial charge in [0.1, 0.15) is 0 Å². The fourth-order valence-electron chi connectivity index (χ4n) is 3.41. The molecule has 4 rings (SSSR count). The second kappa shape index (κ2) is 7.13. The summed E-state index contributed by atoms with van der Waals surface area (Å²) in [6.45, 7) is 3.58. The Morgan fingerprint density at radius 2 is 1.96 bits per heavy atom. The summed E-state index contributed by atoms with van der Waals surface area (Å²) in [5.74, 6) is -0.332. The minimum atomic E-state index is -4.39. The van der Waals surface area contributed by atoms with Crippen molar-refractivity contribution in [3.05, 3.63) is 65.5 Å². The van der Waals surface area contributed by atoms with Gasteiger partial charge >= 0.3 is 6.18 Å². The van der Waals surface area contributed by atoms with Crippen LogP contribution in [0, 0.1) is 0 Å². The van der Waals surface area contributed by atoms with Crippen molar-refractivity contribution in [3.63, 3.8) is 0 Å². The fraction of sp³-hybridized carbons (Fsp3) is 0.316. The fourth-order valence-corrected chi connectivity index (χ4v) is 4.79. The Balaban J connectivity index is 1.58. The zero-order valence-corrected chi connectivity index (χ0v) is 15.5. The van der Waals surface area contributed by atoms with Crippen LogP contribution in [0.15, 0.2) is 54.4 Å². The minimum absolute atomic E-state index is 0.140. The SMILES string of the molecule is O=C1C=C(c2cccc(C(F)(F)F)c2)PC2C=CC(N3CCNCC3)=CN12. The van der Waals surface area contributed by atoms with Crippen molar-refractivity contribution in [2.45, 2.75) is 12.0 Å². The molecule has 0 aliphatic carbocycles. The van der Waals surface area contributed by atoms with Crippen molar-refractivity contribution in [1.29, 1.82) is 0 Å². The number of hydrogen-bond donors (Lipinski definition) is 1. The number of benzene rings is 1. The first kappa shape index (κ1) is 18.3. The van der Waals surface area contributed by atoms with Gasteiger partial charge in [0, 0.05) is 38.5 Å². The Labute approximate surface area is 157 Å². The maximum absolute atomic E-state index is 13.0. The number of fused-ring (bicyclic) bond motifs is 1. The molecule has 1 aromatic carbocycles. The molecule has 0 bridgehead atoms. The number of halogens is 3. The summed E-state index contributed by atoms with van der Waals surface area (Å²) < 4.78 is 38.9. The topological polar surface area (TPSA) is 35.6 Å². The Kier molecular flexibility index (Phi) is 4.82. The molecule has 2 atom stereocenters. The lowest BCUT2D eigenvalue weighted by molar-refractivity contribution is -0.137. The molecule has 2 unspecified atom stereocenters. The molecule has 142 valence electrons. The third-order valence-corrected chi connectivity index (χ3v) is 6.34. The third kappa shape index (κ3) is 3.80. The smallest absolute Gasteiger partial charge is 0.368 e. The average Bonchev–Trinajstić information content (AvgIpc) is 2.68. The lowest BCUT2D eigenvalue weighted by Gasteiger charge is -2.37. The summed E-state index contributed by atoms with van der Waals surface area (Å²) in [7, 11) is 0.201. The van der Waals surface area contributed by atoms with E-state index < -0.39 is 11.7 Å². The maximum atomic E-state index is 13.0. The van der Waals surface area contributed by atoms with Crippen LogP contribution in [0.5, 0.6) is 0 Å². The van der Waals surface area contributed by atoms with E-state index in [1.807, 2.05) is 18.4 Å². The highest BCUT2D eigenvalue weighted by Crippen LogP contribution is 2.45. The summed E-state index contributed by atoms with van der Waals surface area (Å²) in [5.41, 5.74) is 0.768. The highest BCUT2D eigenvalue weighted by molar-refractivity contribution is 7.51. The van der Waals surface area contributed by atoms with Crippen LogP contribution in [0.3, 0.4) is 0 Å². The van der Waals surface area contributed by atoms with E-state index >= 15 is 0 Å².